The Morgan fingerprint density at radius 1 is 1.11 bits per heavy atom. The zero-order valence-electron chi connectivity index (χ0n) is 20.4. The molecule has 2 amide bonds. The Kier molecular flexibility index (Phi) is 8.25. The van der Waals surface area contributed by atoms with Gasteiger partial charge < -0.3 is 16.4 Å². The molecule has 0 spiro atoms. The zero-order chi connectivity index (χ0) is 26.4. The van der Waals surface area contributed by atoms with Crippen molar-refractivity contribution in [3.63, 3.8) is 0 Å². The lowest BCUT2D eigenvalue weighted by molar-refractivity contribution is -0.122. The van der Waals surface area contributed by atoms with E-state index in [0.29, 0.717) is 34.5 Å². The van der Waals surface area contributed by atoms with E-state index < -0.39 is 17.9 Å². The standard InChI is InChI=1S/C24H25N9O2S2/c1-4-27-22(34)20(15-12-30-24(26-3)31-13-15)33(23(35)21-19(25)14(2)32-37-21)16-8-10-29-18(11-16)36-17-7-5-6-9-28-17/h5-13,20H,4,25H2,1-3H3,(H,27,34)(H,26,30,31). The fourth-order valence-electron chi connectivity index (χ4n) is 3.44. The van der Waals surface area contributed by atoms with Crippen molar-refractivity contribution in [2.75, 3.05) is 29.5 Å². The highest BCUT2D eigenvalue weighted by Crippen LogP contribution is 2.35. The molecule has 0 aliphatic carbocycles. The number of aryl methyl sites for hydroxylation is 1. The van der Waals surface area contributed by atoms with Crippen LogP contribution in [0, 0.1) is 6.92 Å². The van der Waals surface area contributed by atoms with E-state index in [-0.39, 0.29) is 10.6 Å². The first-order valence-electron chi connectivity index (χ1n) is 11.3. The van der Waals surface area contributed by atoms with Gasteiger partial charge in [0.2, 0.25) is 11.9 Å². The summed E-state index contributed by atoms with van der Waals surface area (Å²) >= 11 is 2.32. The third kappa shape index (κ3) is 5.84. The van der Waals surface area contributed by atoms with Crippen molar-refractivity contribution in [3.8, 4) is 0 Å². The smallest absolute Gasteiger partial charge is 0.273 e. The van der Waals surface area contributed by atoms with E-state index in [4.69, 9.17) is 5.73 Å². The predicted molar refractivity (Wildman–Crippen MR) is 144 cm³/mol. The van der Waals surface area contributed by atoms with Crippen LogP contribution in [0.5, 0.6) is 0 Å². The van der Waals surface area contributed by atoms with Gasteiger partial charge in [-0.15, -0.1) is 0 Å². The fraction of sp³-hybridized carbons (Fsp3) is 0.208. The molecular formula is C24H25N9O2S2. The molecule has 4 rings (SSSR count). The molecule has 0 radical (unpaired) electrons. The van der Waals surface area contributed by atoms with Crippen LogP contribution >= 0.6 is 23.3 Å². The van der Waals surface area contributed by atoms with Crippen LogP contribution in [0.15, 0.2) is 65.2 Å². The number of carbonyl (C=O) groups is 2. The molecule has 37 heavy (non-hydrogen) atoms. The van der Waals surface area contributed by atoms with Gasteiger partial charge in [-0.1, -0.05) is 17.8 Å². The second kappa shape index (κ2) is 11.8. The summed E-state index contributed by atoms with van der Waals surface area (Å²) in [5.41, 5.74) is 7.89. The highest BCUT2D eigenvalue weighted by Gasteiger charge is 2.36. The Hall–Kier alpha value is -4.10. The molecule has 0 aromatic carbocycles. The number of aromatic nitrogens is 5. The molecule has 13 heteroatoms. The maximum atomic E-state index is 14.0. The Bertz CT molecular complexity index is 1380. The first kappa shape index (κ1) is 26.0. The topological polar surface area (TPSA) is 152 Å². The number of hydrogen-bond donors (Lipinski definition) is 3. The van der Waals surface area contributed by atoms with E-state index in [9.17, 15) is 9.59 Å². The van der Waals surface area contributed by atoms with Gasteiger partial charge >= 0.3 is 0 Å². The van der Waals surface area contributed by atoms with E-state index in [2.05, 4.69) is 34.9 Å². The molecule has 0 bridgehead atoms. The minimum Gasteiger partial charge on any atom is -0.396 e. The molecule has 4 heterocycles. The summed E-state index contributed by atoms with van der Waals surface area (Å²) in [5.74, 6) is -0.485. The Morgan fingerprint density at radius 2 is 1.86 bits per heavy atom. The van der Waals surface area contributed by atoms with Crippen LogP contribution < -0.4 is 21.3 Å². The van der Waals surface area contributed by atoms with Gasteiger partial charge in [-0.25, -0.2) is 19.9 Å². The summed E-state index contributed by atoms with van der Waals surface area (Å²) in [5, 5.41) is 7.02. The number of nitrogens with one attached hydrogen (secondary N) is 2. The van der Waals surface area contributed by atoms with Crippen LogP contribution in [0.1, 0.15) is 33.9 Å². The summed E-state index contributed by atoms with van der Waals surface area (Å²) in [6.45, 7) is 3.90. The van der Waals surface area contributed by atoms with Gasteiger partial charge in [0.1, 0.15) is 21.0 Å². The second-order valence-electron chi connectivity index (χ2n) is 7.70. The third-order valence-electron chi connectivity index (χ3n) is 5.23. The lowest BCUT2D eigenvalue weighted by Crippen LogP contribution is -2.44. The average molecular weight is 536 g/mol. The number of rotatable bonds is 9. The van der Waals surface area contributed by atoms with Crippen LogP contribution in [0.4, 0.5) is 17.3 Å². The first-order chi connectivity index (χ1) is 17.9. The molecular weight excluding hydrogens is 510 g/mol. The van der Waals surface area contributed by atoms with E-state index in [1.54, 1.807) is 45.4 Å². The van der Waals surface area contributed by atoms with Crippen LogP contribution in [-0.2, 0) is 4.79 Å². The highest BCUT2D eigenvalue weighted by molar-refractivity contribution is 7.99. The summed E-state index contributed by atoms with van der Waals surface area (Å²) < 4.78 is 4.23. The summed E-state index contributed by atoms with van der Waals surface area (Å²) in [6.07, 6.45) is 6.31. The molecule has 4 aromatic heterocycles. The molecule has 1 atom stereocenters. The molecule has 1 unspecified atom stereocenters. The molecule has 11 nitrogen and oxygen atoms in total. The number of pyridine rings is 2. The Labute approximate surface area is 222 Å². The number of likely N-dealkylation sites (N-methyl/N-ethyl adjacent to an activating group) is 1. The number of anilines is 3. The van der Waals surface area contributed by atoms with Crippen molar-refractivity contribution in [1.29, 1.82) is 0 Å². The third-order valence-corrected chi connectivity index (χ3v) is 7.06. The number of nitrogen functional groups attached to an aromatic ring is 1. The van der Waals surface area contributed by atoms with Crippen molar-refractivity contribution in [1.82, 2.24) is 29.6 Å². The summed E-state index contributed by atoms with van der Waals surface area (Å²) in [4.78, 5) is 46.4. The second-order valence-corrected chi connectivity index (χ2v) is 9.51. The van der Waals surface area contributed by atoms with Gasteiger partial charge in [-0.3, -0.25) is 14.5 Å². The number of nitrogens with two attached hydrogens (primary N) is 1. The van der Waals surface area contributed by atoms with Gasteiger partial charge in [0.25, 0.3) is 5.91 Å². The van der Waals surface area contributed by atoms with E-state index in [1.165, 1.54) is 29.1 Å². The average Bonchev–Trinajstić information content (AvgIpc) is 3.25. The monoisotopic (exact) mass is 535 g/mol. The maximum absolute atomic E-state index is 14.0. The van der Waals surface area contributed by atoms with Gasteiger partial charge in [-0.2, -0.15) is 4.37 Å². The van der Waals surface area contributed by atoms with E-state index >= 15 is 0 Å². The normalized spacial score (nSPS) is 11.5. The predicted octanol–water partition coefficient (Wildman–Crippen LogP) is 3.33. The van der Waals surface area contributed by atoms with E-state index in [0.717, 1.165) is 16.6 Å². The number of hydrogen-bond acceptors (Lipinski definition) is 11. The Balaban J connectivity index is 1.85. The van der Waals surface area contributed by atoms with Crippen LogP contribution in [0.25, 0.3) is 0 Å². The van der Waals surface area contributed by atoms with Crippen molar-refractivity contribution in [3.05, 3.63) is 71.3 Å². The molecule has 4 N–H and O–H groups in total. The van der Waals surface area contributed by atoms with Gasteiger partial charge in [-0.05, 0) is 49.6 Å². The van der Waals surface area contributed by atoms with Crippen molar-refractivity contribution >= 4 is 52.4 Å². The lowest BCUT2D eigenvalue weighted by Gasteiger charge is -2.31. The molecule has 0 aliphatic rings. The minimum atomic E-state index is -1.09. The molecule has 4 aromatic rings. The highest BCUT2D eigenvalue weighted by atomic mass is 32.2. The number of carbonyl (C=O) groups excluding carboxylic acids is 2. The molecule has 0 saturated heterocycles. The molecule has 0 fully saturated rings. The summed E-state index contributed by atoms with van der Waals surface area (Å²) in [7, 11) is 1.69. The number of amides is 2. The van der Waals surface area contributed by atoms with E-state index in [1.807, 2.05) is 18.2 Å². The molecule has 0 aliphatic heterocycles. The largest absolute Gasteiger partial charge is 0.396 e. The van der Waals surface area contributed by atoms with Crippen LogP contribution in [0.3, 0.4) is 0 Å². The van der Waals surface area contributed by atoms with Crippen molar-refractivity contribution < 1.29 is 9.59 Å². The molecule has 190 valence electrons. The lowest BCUT2D eigenvalue weighted by atomic mass is 10.1. The quantitative estimate of drug-likeness (QED) is 0.291. The van der Waals surface area contributed by atoms with Gasteiger partial charge in [0.05, 0.1) is 11.4 Å². The summed E-state index contributed by atoms with van der Waals surface area (Å²) in [6, 6.07) is 7.88. The Morgan fingerprint density at radius 3 is 2.49 bits per heavy atom. The first-order valence-corrected chi connectivity index (χ1v) is 12.9. The van der Waals surface area contributed by atoms with Gasteiger partial charge in [0.15, 0.2) is 0 Å². The molecule has 0 saturated carbocycles. The van der Waals surface area contributed by atoms with Crippen molar-refractivity contribution in [2.45, 2.75) is 29.9 Å². The van der Waals surface area contributed by atoms with Crippen LogP contribution in [-0.4, -0.2) is 49.7 Å². The number of nitrogens with zero attached hydrogens (tertiary/aromatic N) is 6. The van der Waals surface area contributed by atoms with Crippen LogP contribution in [0.2, 0.25) is 0 Å². The minimum absolute atomic E-state index is 0.232. The fourth-order valence-corrected chi connectivity index (χ4v) is 4.96. The maximum Gasteiger partial charge on any atom is 0.273 e. The SMILES string of the molecule is CCNC(=O)C(c1cnc(NC)nc1)N(C(=O)c1snc(C)c1N)c1ccnc(Sc2ccccn2)c1. The zero-order valence-corrected chi connectivity index (χ0v) is 22.0. The van der Waals surface area contributed by atoms with Crippen molar-refractivity contribution in [2.24, 2.45) is 0 Å². The van der Waals surface area contributed by atoms with Gasteiger partial charge in [0, 0.05) is 49.6 Å².